The number of hydrogen-bond acceptors (Lipinski definition) is 5. The average molecular weight is 451 g/mol. The standard InChI is InChI=1S/C20H33Cl2N2O3P/c1-6-8-10-26-28(25,27-11-9-7-2)20(5)14-19(3,4)23-17-12-15(21)16(22)13-18(17)24-20/h12-13,23-24H,6-11,14H2,1-5H3. The van der Waals surface area contributed by atoms with Gasteiger partial charge in [0.1, 0.15) is 5.28 Å². The molecule has 1 aromatic rings. The molecule has 1 heterocycles. The van der Waals surface area contributed by atoms with Gasteiger partial charge < -0.3 is 19.7 Å². The lowest BCUT2D eigenvalue weighted by Gasteiger charge is -2.40. The molecule has 0 radical (unpaired) electrons. The maximum absolute atomic E-state index is 14.0. The largest absolute Gasteiger partial charge is 0.378 e. The Kier molecular flexibility index (Phi) is 8.15. The minimum Gasteiger partial charge on any atom is -0.378 e. The summed E-state index contributed by atoms with van der Waals surface area (Å²) in [6, 6.07) is 3.55. The van der Waals surface area contributed by atoms with Crippen LogP contribution >= 0.6 is 30.8 Å². The number of unbranched alkanes of at least 4 members (excludes halogenated alkanes) is 2. The van der Waals surface area contributed by atoms with Crippen molar-refractivity contribution in [2.24, 2.45) is 0 Å². The summed E-state index contributed by atoms with van der Waals surface area (Å²) in [4.78, 5) is 0. The highest BCUT2D eigenvalue weighted by atomic mass is 35.5. The predicted octanol–water partition coefficient (Wildman–Crippen LogP) is 7.54. The van der Waals surface area contributed by atoms with Crippen molar-refractivity contribution >= 4 is 42.2 Å². The third-order valence-corrected chi connectivity index (χ3v) is 8.09. The summed E-state index contributed by atoms with van der Waals surface area (Å²) in [5.41, 5.74) is 1.18. The SMILES string of the molecule is CCCCOP(=O)(OCCCC)C1(C)CC(C)(C)Nc2cc(Cl)c(Cl)cc2N1. The molecule has 1 aliphatic heterocycles. The van der Waals surface area contributed by atoms with Gasteiger partial charge in [-0.3, -0.25) is 4.57 Å². The highest BCUT2D eigenvalue weighted by molar-refractivity contribution is 7.55. The number of hydrogen-bond donors (Lipinski definition) is 2. The molecule has 0 aromatic heterocycles. The highest BCUT2D eigenvalue weighted by Crippen LogP contribution is 2.64. The molecule has 0 fully saturated rings. The lowest BCUT2D eigenvalue weighted by molar-refractivity contribution is 0.179. The van der Waals surface area contributed by atoms with Crippen molar-refractivity contribution in [3.63, 3.8) is 0 Å². The lowest BCUT2D eigenvalue weighted by Crippen LogP contribution is -2.43. The fourth-order valence-corrected chi connectivity index (χ4v) is 6.06. The zero-order valence-electron chi connectivity index (χ0n) is 17.5. The van der Waals surface area contributed by atoms with Crippen LogP contribution in [0.3, 0.4) is 0 Å². The Balaban J connectivity index is 2.45. The third-order valence-electron chi connectivity index (χ3n) is 4.85. The quantitative estimate of drug-likeness (QED) is 0.300. The first-order valence-corrected chi connectivity index (χ1v) is 12.3. The highest BCUT2D eigenvalue weighted by Gasteiger charge is 2.52. The molecular weight excluding hydrogens is 418 g/mol. The van der Waals surface area contributed by atoms with Crippen LogP contribution in [0.15, 0.2) is 12.1 Å². The monoisotopic (exact) mass is 450 g/mol. The fraction of sp³-hybridized carbons (Fsp3) is 0.700. The Morgan fingerprint density at radius 1 is 0.964 bits per heavy atom. The van der Waals surface area contributed by atoms with Gasteiger partial charge in [0.15, 0.2) is 0 Å². The molecular formula is C20H33Cl2N2O3P. The maximum atomic E-state index is 14.0. The van der Waals surface area contributed by atoms with Crippen molar-refractivity contribution in [3.8, 4) is 0 Å². The summed E-state index contributed by atoms with van der Waals surface area (Å²) in [5, 5.41) is 6.91. The van der Waals surface area contributed by atoms with Gasteiger partial charge in [-0.1, -0.05) is 49.9 Å². The van der Waals surface area contributed by atoms with Crippen LogP contribution in [-0.4, -0.2) is 24.0 Å². The van der Waals surface area contributed by atoms with E-state index in [1.807, 2.05) is 6.92 Å². The molecule has 1 aliphatic rings. The number of halogens is 2. The van der Waals surface area contributed by atoms with E-state index >= 15 is 0 Å². The Bertz CT molecular complexity index is 716. The molecule has 0 aliphatic carbocycles. The first kappa shape index (κ1) is 23.8. The van der Waals surface area contributed by atoms with Crippen LogP contribution in [0.5, 0.6) is 0 Å². The van der Waals surface area contributed by atoms with Crippen molar-refractivity contribution in [2.75, 3.05) is 23.8 Å². The molecule has 1 atom stereocenters. The van der Waals surface area contributed by atoms with Gasteiger partial charge in [-0.25, -0.2) is 0 Å². The second-order valence-corrected chi connectivity index (χ2v) is 11.6. The number of anilines is 2. The van der Waals surface area contributed by atoms with Gasteiger partial charge in [-0.15, -0.1) is 0 Å². The maximum Gasteiger partial charge on any atom is 0.355 e. The van der Waals surface area contributed by atoms with E-state index in [1.165, 1.54) is 0 Å². The average Bonchev–Trinajstić information content (AvgIpc) is 2.68. The van der Waals surface area contributed by atoms with E-state index in [9.17, 15) is 4.57 Å². The molecule has 0 amide bonds. The molecule has 2 rings (SSSR count). The summed E-state index contributed by atoms with van der Waals surface area (Å²) in [6.45, 7) is 11.0. The zero-order valence-corrected chi connectivity index (χ0v) is 19.9. The second kappa shape index (κ2) is 9.57. The molecule has 0 saturated carbocycles. The predicted molar refractivity (Wildman–Crippen MR) is 120 cm³/mol. The van der Waals surface area contributed by atoms with E-state index in [4.69, 9.17) is 32.2 Å². The van der Waals surface area contributed by atoms with Crippen LogP contribution in [-0.2, 0) is 13.6 Å². The smallest absolute Gasteiger partial charge is 0.355 e. The van der Waals surface area contributed by atoms with Crippen LogP contribution in [0.25, 0.3) is 0 Å². The van der Waals surface area contributed by atoms with Gasteiger partial charge in [0.25, 0.3) is 0 Å². The summed E-state index contributed by atoms with van der Waals surface area (Å²) in [5.74, 6) is 0. The fourth-order valence-electron chi connectivity index (χ4n) is 3.50. The van der Waals surface area contributed by atoms with Crippen molar-refractivity contribution in [1.29, 1.82) is 0 Å². The first-order valence-electron chi connectivity index (χ1n) is 10.0. The van der Waals surface area contributed by atoms with E-state index in [1.54, 1.807) is 12.1 Å². The van der Waals surface area contributed by atoms with E-state index in [2.05, 4.69) is 38.3 Å². The summed E-state index contributed by atoms with van der Waals surface area (Å²) >= 11 is 12.5. The molecule has 8 heteroatoms. The zero-order chi connectivity index (χ0) is 21.0. The molecule has 0 saturated heterocycles. The van der Waals surface area contributed by atoms with Crippen LogP contribution < -0.4 is 10.6 Å². The minimum absolute atomic E-state index is 0.373. The molecule has 28 heavy (non-hydrogen) atoms. The Hall–Kier alpha value is -0.450. The summed E-state index contributed by atoms with van der Waals surface area (Å²) in [7, 11) is -3.48. The van der Waals surface area contributed by atoms with Crippen LogP contribution in [0, 0.1) is 0 Å². The molecule has 5 nitrogen and oxygen atoms in total. The van der Waals surface area contributed by atoms with Crippen LogP contribution in [0.2, 0.25) is 10.0 Å². The molecule has 2 N–H and O–H groups in total. The van der Waals surface area contributed by atoms with Crippen LogP contribution in [0.1, 0.15) is 66.7 Å². The van der Waals surface area contributed by atoms with Crippen molar-refractivity contribution in [1.82, 2.24) is 0 Å². The van der Waals surface area contributed by atoms with Gasteiger partial charge in [0.2, 0.25) is 0 Å². The molecule has 160 valence electrons. The van der Waals surface area contributed by atoms with E-state index < -0.39 is 12.9 Å². The molecule has 1 aromatic carbocycles. The normalized spacial score (nSPS) is 21.4. The summed E-state index contributed by atoms with van der Waals surface area (Å²) in [6.07, 6.45) is 4.11. The molecule has 0 bridgehead atoms. The lowest BCUT2D eigenvalue weighted by atomic mass is 9.96. The number of nitrogens with one attached hydrogen (secondary N) is 2. The van der Waals surface area contributed by atoms with Crippen molar-refractivity contribution in [2.45, 2.75) is 77.5 Å². The Morgan fingerprint density at radius 2 is 1.43 bits per heavy atom. The summed E-state index contributed by atoms with van der Waals surface area (Å²) < 4.78 is 26.0. The van der Waals surface area contributed by atoms with Crippen molar-refractivity contribution < 1.29 is 13.6 Å². The molecule has 0 spiro atoms. The van der Waals surface area contributed by atoms with Gasteiger partial charge >= 0.3 is 7.60 Å². The van der Waals surface area contributed by atoms with E-state index in [-0.39, 0.29) is 5.54 Å². The number of fused-ring (bicyclic) bond motifs is 1. The van der Waals surface area contributed by atoms with Gasteiger partial charge in [0.05, 0.1) is 34.6 Å². The van der Waals surface area contributed by atoms with Crippen LogP contribution in [0.4, 0.5) is 11.4 Å². The topological polar surface area (TPSA) is 59.6 Å². The first-order chi connectivity index (χ1) is 13.1. The minimum atomic E-state index is -3.48. The number of rotatable bonds is 9. The second-order valence-electron chi connectivity index (χ2n) is 8.27. The van der Waals surface area contributed by atoms with Gasteiger partial charge in [0, 0.05) is 12.0 Å². The molecule has 1 unspecified atom stereocenters. The number of benzene rings is 1. The third kappa shape index (κ3) is 5.58. The van der Waals surface area contributed by atoms with Gasteiger partial charge in [-0.2, -0.15) is 0 Å². The Morgan fingerprint density at radius 3 is 1.89 bits per heavy atom. The Labute approximate surface area is 179 Å². The van der Waals surface area contributed by atoms with Gasteiger partial charge in [-0.05, 0) is 45.7 Å². The van der Waals surface area contributed by atoms with Crippen molar-refractivity contribution in [3.05, 3.63) is 22.2 Å². The van der Waals surface area contributed by atoms with E-state index in [0.29, 0.717) is 29.7 Å². The van der Waals surface area contributed by atoms with E-state index in [0.717, 1.165) is 37.1 Å².